The van der Waals surface area contributed by atoms with E-state index in [1.807, 2.05) is 0 Å². The molecule has 0 bridgehead atoms. The lowest BCUT2D eigenvalue weighted by atomic mass is 10.1. The largest absolute Gasteiger partial charge is 0.294 e. The van der Waals surface area contributed by atoms with Gasteiger partial charge in [-0.2, -0.15) is 0 Å². The predicted octanol–water partition coefficient (Wildman–Crippen LogP) is 3.87. The molecule has 0 atom stereocenters. The monoisotopic (exact) mass is 292 g/mol. The van der Waals surface area contributed by atoms with E-state index in [-0.39, 0.29) is 0 Å². The van der Waals surface area contributed by atoms with Crippen LogP contribution in [0.3, 0.4) is 0 Å². The van der Waals surface area contributed by atoms with Crippen LogP contribution >= 0.6 is 11.3 Å². The van der Waals surface area contributed by atoms with Crippen LogP contribution in [0.25, 0.3) is 0 Å². The summed E-state index contributed by atoms with van der Waals surface area (Å²) >= 11 is 1.14. The molecule has 1 aromatic carbocycles. The van der Waals surface area contributed by atoms with Crippen molar-refractivity contribution in [2.24, 2.45) is 0 Å². The maximum absolute atomic E-state index is 13.3. The summed E-state index contributed by atoms with van der Waals surface area (Å²) < 4.78 is 65.4. The number of carbonyl (C=O) groups is 1. The number of Topliss-reactive ketones (excluding diaryl/α,β-unsaturated/α-hetero) is 1. The molecule has 7 heteroatoms. The van der Waals surface area contributed by atoms with Gasteiger partial charge in [-0.15, -0.1) is 11.3 Å². The zero-order chi connectivity index (χ0) is 14.2. The molecule has 0 aliphatic carbocycles. The molecule has 0 saturated heterocycles. The first-order valence-corrected chi connectivity index (χ1v) is 5.88. The first-order valence-electron chi connectivity index (χ1n) is 5.00. The Morgan fingerprint density at radius 1 is 0.947 bits per heavy atom. The van der Waals surface area contributed by atoms with Crippen LogP contribution in [0.4, 0.5) is 22.0 Å². The molecule has 100 valence electrons. The molecule has 0 spiro atoms. The summed E-state index contributed by atoms with van der Waals surface area (Å²) in [7, 11) is 0. The molecule has 0 aliphatic rings. The van der Waals surface area contributed by atoms with E-state index in [1.54, 1.807) is 11.4 Å². The Bertz CT molecular complexity index is 607. The van der Waals surface area contributed by atoms with Crippen molar-refractivity contribution in [2.45, 2.75) is 6.42 Å². The lowest BCUT2D eigenvalue weighted by Gasteiger charge is -2.06. The SMILES string of the molecule is O=C(Cc1cccs1)c1c(F)c(F)c(F)c(F)c1F. The molecular weight excluding hydrogens is 287 g/mol. The first kappa shape index (κ1) is 13.7. The fraction of sp³-hybridized carbons (Fsp3) is 0.0833. The molecule has 0 fully saturated rings. The smallest absolute Gasteiger partial charge is 0.200 e. The summed E-state index contributed by atoms with van der Waals surface area (Å²) in [5, 5.41) is 1.63. The minimum Gasteiger partial charge on any atom is -0.294 e. The Morgan fingerprint density at radius 2 is 1.47 bits per heavy atom. The van der Waals surface area contributed by atoms with Gasteiger partial charge in [0.05, 0.1) is 5.56 Å². The van der Waals surface area contributed by atoms with Gasteiger partial charge in [0, 0.05) is 11.3 Å². The van der Waals surface area contributed by atoms with Crippen LogP contribution in [-0.2, 0) is 6.42 Å². The summed E-state index contributed by atoms with van der Waals surface area (Å²) in [5.74, 6) is -11.9. The number of benzene rings is 1. The van der Waals surface area contributed by atoms with E-state index >= 15 is 0 Å². The Labute approximate surface area is 108 Å². The highest BCUT2D eigenvalue weighted by Crippen LogP contribution is 2.24. The number of halogens is 5. The zero-order valence-corrected chi connectivity index (χ0v) is 9.96. The molecule has 0 unspecified atom stereocenters. The zero-order valence-electron chi connectivity index (χ0n) is 9.15. The van der Waals surface area contributed by atoms with Gasteiger partial charge in [0.1, 0.15) is 0 Å². The number of ketones is 1. The van der Waals surface area contributed by atoms with Gasteiger partial charge < -0.3 is 0 Å². The van der Waals surface area contributed by atoms with E-state index in [4.69, 9.17) is 0 Å². The summed E-state index contributed by atoms with van der Waals surface area (Å²) in [4.78, 5) is 12.1. The van der Waals surface area contributed by atoms with Crippen molar-refractivity contribution in [3.63, 3.8) is 0 Å². The maximum atomic E-state index is 13.3. The Kier molecular flexibility index (Phi) is 3.66. The average Bonchev–Trinajstić information content (AvgIpc) is 2.87. The highest BCUT2D eigenvalue weighted by atomic mass is 32.1. The Morgan fingerprint density at radius 3 is 1.95 bits per heavy atom. The van der Waals surface area contributed by atoms with Gasteiger partial charge in [0.2, 0.25) is 5.82 Å². The van der Waals surface area contributed by atoms with Gasteiger partial charge in [0.15, 0.2) is 29.1 Å². The molecule has 0 radical (unpaired) electrons. The molecule has 0 aliphatic heterocycles. The quantitative estimate of drug-likeness (QED) is 0.363. The second-order valence-electron chi connectivity index (χ2n) is 3.62. The second kappa shape index (κ2) is 5.08. The van der Waals surface area contributed by atoms with Gasteiger partial charge >= 0.3 is 0 Å². The third kappa shape index (κ3) is 2.37. The number of thiophene rings is 1. The third-order valence-corrected chi connectivity index (χ3v) is 3.28. The summed E-state index contributed by atoms with van der Waals surface area (Å²) in [6.45, 7) is 0. The van der Waals surface area contributed by atoms with E-state index in [2.05, 4.69) is 0 Å². The molecule has 2 aromatic rings. The molecule has 1 aromatic heterocycles. The average molecular weight is 292 g/mol. The summed E-state index contributed by atoms with van der Waals surface area (Å²) in [6.07, 6.45) is -0.421. The molecule has 0 saturated carbocycles. The number of hydrogen-bond donors (Lipinski definition) is 0. The van der Waals surface area contributed by atoms with Crippen LogP contribution in [-0.4, -0.2) is 5.78 Å². The van der Waals surface area contributed by atoms with Crippen molar-refractivity contribution in [1.29, 1.82) is 0 Å². The topological polar surface area (TPSA) is 17.1 Å². The van der Waals surface area contributed by atoms with Crippen molar-refractivity contribution in [1.82, 2.24) is 0 Å². The number of hydrogen-bond acceptors (Lipinski definition) is 2. The summed E-state index contributed by atoms with van der Waals surface area (Å²) in [5.41, 5.74) is -1.40. The summed E-state index contributed by atoms with van der Waals surface area (Å²) in [6, 6.07) is 3.13. The highest BCUT2D eigenvalue weighted by Gasteiger charge is 2.29. The van der Waals surface area contributed by atoms with Crippen LogP contribution < -0.4 is 0 Å². The van der Waals surface area contributed by atoms with Crippen molar-refractivity contribution in [2.75, 3.05) is 0 Å². The van der Waals surface area contributed by atoms with Gasteiger partial charge in [-0.05, 0) is 11.4 Å². The van der Waals surface area contributed by atoms with Crippen LogP contribution in [0.1, 0.15) is 15.2 Å². The van der Waals surface area contributed by atoms with Crippen LogP contribution in [0.2, 0.25) is 0 Å². The lowest BCUT2D eigenvalue weighted by Crippen LogP contribution is -2.14. The third-order valence-electron chi connectivity index (χ3n) is 2.40. The predicted molar refractivity (Wildman–Crippen MR) is 58.6 cm³/mol. The van der Waals surface area contributed by atoms with E-state index in [0.717, 1.165) is 11.3 Å². The number of rotatable bonds is 3. The standard InChI is InChI=1S/C12H5F5OS/c13-8-7(6(18)4-5-2-1-3-19-5)9(14)11(16)12(17)10(8)15/h1-3H,4H2. The highest BCUT2D eigenvalue weighted by molar-refractivity contribution is 7.10. The van der Waals surface area contributed by atoms with Crippen molar-refractivity contribution in [3.8, 4) is 0 Å². The Hall–Kier alpha value is -1.76. The molecule has 0 amide bonds. The van der Waals surface area contributed by atoms with Gasteiger partial charge in [-0.3, -0.25) is 4.79 Å². The Balaban J connectivity index is 2.48. The van der Waals surface area contributed by atoms with Crippen molar-refractivity contribution < 1.29 is 26.7 Å². The van der Waals surface area contributed by atoms with Crippen LogP contribution in [0.5, 0.6) is 0 Å². The molecule has 1 heterocycles. The fourth-order valence-corrected chi connectivity index (χ4v) is 2.21. The molecule has 19 heavy (non-hydrogen) atoms. The van der Waals surface area contributed by atoms with E-state index in [0.29, 0.717) is 4.88 Å². The number of carbonyl (C=O) groups excluding carboxylic acids is 1. The van der Waals surface area contributed by atoms with E-state index in [9.17, 15) is 26.7 Å². The molecule has 1 nitrogen and oxygen atoms in total. The van der Waals surface area contributed by atoms with E-state index in [1.165, 1.54) is 6.07 Å². The van der Waals surface area contributed by atoms with E-state index < -0.39 is 46.9 Å². The van der Waals surface area contributed by atoms with Gasteiger partial charge in [0.25, 0.3) is 0 Å². The molecule has 2 rings (SSSR count). The van der Waals surface area contributed by atoms with Gasteiger partial charge in [-0.1, -0.05) is 6.07 Å². The maximum Gasteiger partial charge on any atom is 0.200 e. The van der Waals surface area contributed by atoms with Crippen molar-refractivity contribution in [3.05, 3.63) is 57.0 Å². The normalized spacial score (nSPS) is 10.8. The molecule has 0 N–H and O–H groups in total. The fourth-order valence-electron chi connectivity index (χ4n) is 1.51. The van der Waals surface area contributed by atoms with Crippen molar-refractivity contribution >= 4 is 17.1 Å². The molecular formula is C12H5F5OS. The minimum absolute atomic E-state index is 0.421. The minimum atomic E-state index is -2.28. The van der Waals surface area contributed by atoms with Crippen LogP contribution in [0.15, 0.2) is 17.5 Å². The second-order valence-corrected chi connectivity index (χ2v) is 4.66. The van der Waals surface area contributed by atoms with Crippen LogP contribution in [0, 0.1) is 29.1 Å². The first-order chi connectivity index (χ1) is 8.93. The lowest BCUT2D eigenvalue weighted by molar-refractivity contribution is 0.0982. The van der Waals surface area contributed by atoms with Gasteiger partial charge in [-0.25, -0.2) is 22.0 Å².